The van der Waals surface area contributed by atoms with Gasteiger partial charge in [-0.15, -0.1) is 0 Å². The fraction of sp³-hybridized carbons (Fsp3) is 0.125. The third-order valence-corrected chi connectivity index (χ3v) is 4.19. The van der Waals surface area contributed by atoms with Gasteiger partial charge in [0.1, 0.15) is 18.2 Å². The van der Waals surface area contributed by atoms with Crippen LogP contribution in [0.2, 0.25) is 0 Å². The zero-order valence-corrected chi connectivity index (χ0v) is 12.1. The summed E-state index contributed by atoms with van der Waals surface area (Å²) in [6.07, 6.45) is 2.99. The number of fused-ring (bicyclic) bond motifs is 6. The first-order chi connectivity index (χ1) is 11.2. The summed E-state index contributed by atoms with van der Waals surface area (Å²) in [6, 6.07) is 7.30. The maximum Gasteiger partial charge on any atom is 0.343 e. The van der Waals surface area contributed by atoms with Crippen molar-refractivity contribution in [3.05, 3.63) is 58.5 Å². The van der Waals surface area contributed by atoms with E-state index in [1.807, 2.05) is 25.1 Å². The van der Waals surface area contributed by atoms with Gasteiger partial charge in [-0.3, -0.25) is 0 Å². The smallest absolute Gasteiger partial charge is 0.343 e. The van der Waals surface area contributed by atoms with E-state index in [-0.39, 0.29) is 5.92 Å². The van der Waals surface area contributed by atoms with E-state index in [9.17, 15) is 4.79 Å². The maximum atomic E-state index is 12.5. The third kappa shape index (κ3) is 1.53. The van der Waals surface area contributed by atoms with Crippen LogP contribution in [-0.4, -0.2) is 19.6 Å². The molecule has 7 heteroatoms. The lowest BCUT2D eigenvalue weighted by Gasteiger charge is -2.24. The Kier molecular flexibility index (Phi) is 2.23. The molecule has 0 aliphatic carbocycles. The molecule has 0 N–H and O–H groups in total. The summed E-state index contributed by atoms with van der Waals surface area (Å²) >= 11 is 0. The molecule has 0 saturated carbocycles. The Hall–Kier alpha value is -3.22. The Balaban J connectivity index is 1.89. The van der Waals surface area contributed by atoms with Gasteiger partial charge in [0.2, 0.25) is 5.88 Å². The van der Waals surface area contributed by atoms with Crippen LogP contribution in [0, 0.1) is 0 Å². The molecule has 0 saturated heterocycles. The lowest BCUT2D eigenvalue weighted by molar-refractivity contribution is 0.419. The van der Waals surface area contributed by atoms with Crippen LogP contribution in [0.1, 0.15) is 24.0 Å². The summed E-state index contributed by atoms with van der Waals surface area (Å²) in [5, 5.41) is 4.83. The van der Waals surface area contributed by atoms with E-state index in [1.54, 1.807) is 16.9 Å². The molecule has 1 aliphatic rings. The SMILES string of the molecule is CC1c2c(c3ccccc3oc2=O)Oc2ncn3ncnc3c21. The number of hydrogen-bond acceptors (Lipinski definition) is 6. The van der Waals surface area contributed by atoms with Gasteiger partial charge in [0.05, 0.1) is 16.5 Å². The van der Waals surface area contributed by atoms with Crippen LogP contribution in [-0.2, 0) is 0 Å². The predicted octanol–water partition coefficient (Wildman–Crippen LogP) is 2.49. The number of nitrogens with zero attached hydrogens (tertiary/aromatic N) is 4. The minimum absolute atomic E-state index is 0.255. The Morgan fingerprint density at radius 3 is 2.96 bits per heavy atom. The molecule has 1 unspecified atom stereocenters. The highest BCUT2D eigenvalue weighted by Crippen LogP contribution is 2.45. The van der Waals surface area contributed by atoms with Crippen LogP contribution >= 0.6 is 0 Å². The zero-order chi connectivity index (χ0) is 15.6. The molecule has 7 nitrogen and oxygen atoms in total. The summed E-state index contributed by atoms with van der Waals surface area (Å²) in [4.78, 5) is 21.0. The van der Waals surface area contributed by atoms with Crippen molar-refractivity contribution in [3.8, 4) is 11.6 Å². The molecule has 0 bridgehead atoms. The molecule has 1 atom stereocenters. The highest BCUT2D eigenvalue weighted by Gasteiger charge is 2.33. The minimum Gasteiger partial charge on any atom is -0.437 e. The average molecular weight is 306 g/mol. The van der Waals surface area contributed by atoms with Crippen molar-refractivity contribution in [2.24, 2.45) is 0 Å². The van der Waals surface area contributed by atoms with E-state index in [2.05, 4.69) is 15.1 Å². The average Bonchev–Trinajstić information content (AvgIpc) is 3.03. The van der Waals surface area contributed by atoms with Crippen molar-refractivity contribution < 1.29 is 9.15 Å². The van der Waals surface area contributed by atoms with Crippen molar-refractivity contribution >= 4 is 16.6 Å². The molecule has 1 aliphatic heterocycles. The van der Waals surface area contributed by atoms with Gasteiger partial charge in [-0.2, -0.15) is 5.10 Å². The van der Waals surface area contributed by atoms with Gasteiger partial charge in [-0.05, 0) is 12.1 Å². The molecule has 4 heterocycles. The first-order valence-electron chi connectivity index (χ1n) is 7.16. The van der Waals surface area contributed by atoms with E-state index in [4.69, 9.17) is 9.15 Å². The Labute approximate surface area is 129 Å². The number of rotatable bonds is 0. The van der Waals surface area contributed by atoms with Crippen LogP contribution in [0.3, 0.4) is 0 Å². The standard InChI is InChI=1S/C16H10N4O3/c1-8-11-13(9-4-2-3-5-10(9)22-16(11)21)23-15-12(8)14-17-6-19-20(14)7-18-15/h2-8H,1H3. The lowest BCUT2D eigenvalue weighted by atomic mass is 9.92. The first-order valence-corrected chi connectivity index (χ1v) is 7.16. The van der Waals surface area contributed by atoms with Crippen LogP contribution < -0.4 is 10.4 Å². The summed E-state index contributed by atoms with van der Waals surface area (Å²) in [7, 11) is 0. The van der Waals surface area contributed by atoms with Crippen LogP contribution in [0.15, 0.2) is 46.1 Å². The topological polar surface area (TPSA) is 82.5 Å². The van der Waals surface area contributed by atoms with Gasteiger partial charge >= 0.3 is 5.63 Å². The van der Waals surface area contributed by atoms with Crippen molar-refractivity contribution in [1.29, 1.82) is 0 Å². The van der Waals surface area contributed by atoms with Crippen LogP contribution in [0.25, 0.3) is 16.6 Å². The van der Waals surface area contributed by atoms with Gasteiger partial charge in [0, 0.05) is 5.92 Å². The highest BCUT2D eigenvalue weighted by atomic mass is 16.5. The van der Waals surface area contributed by atoms with Gasteiger partial charge in [0.25, 0.3) is 0 Å². The number of aromatic nitrogens is 4. The summed E-state index contributed by atoms with van der Waals surface area (Å²) < 4.78 is 13.0. The fourth-order valence-electron chi connectivity index (χ4n) is 3.12. The van der Waals surface area contributed by atoms with Crippen molar-refractivity contribution in [2.75, 3.05) is 0 Å². The highest BCUT2D eigenvalue weighted by molar-refractivity contribution is 5.86. The quantitative estimate of drug-likeness (QED) is 0.464. The van der Waals surface area contributed by atoms with Gasteiger partial charge < -0.3 is 9.15 Å². The molecule has 3 aromatic heterocycles. The Morgan fingerprint density at radius 2 is 2.04 bits per heavy atom. The van der Waals surface area contributed by atoms with E-state index in [0.717, 1.165) is 10.9 Å². The minimum atomic E-state index is -0.404. The molecule has 1 aromatic carbocycles. The molecular weight excluding hydrogens is 296 g/mol. The second-order valence-electron chi connectivity index (χ2n) is 5.44. The fourth-order valence-corrected chi connectivity index (χ4v) is 3.12. The second-order valence-corrected chi connectivity index (χ2v) is 5.44. The number of hydrogen-bond donors (Lipinski definition) is 0. The van der Waals surface area contributed by atoms with Gasteiger partial charge in [0.15, 0.2) is 11.4 Å². The predicted molar refractivity (Wildman–Crippen MR) is 80.9 cm³/mol. The Bertz CT molecular complexity index is 1150. The van der Waals surface area contributed by atoms with E-state index in [0.29, 0.717) is 28.4 Å². The molecule has 0 radical (unpaired) electrons. The molecular formula is C16H10N4O3. The zero-order valence-electron chi connectivity index (χ0n) is 12.1. The number of ether oxygens (including phenoxy) is 1. The third-order valence-electron chi connectivity index (χ3n) is 4.19. The molecule has 23 heavy (non-hydrogen) atoms. The van der Waals surface area contributed by atoms with Crippen molar-refractivity contribution in [3.63, 3.8) is 0 Å². The summed E-state index contributed by atoms with van der Waals surface area (Å²) in [6.45, 7) is 1.92. The number of para-hydroxylation sites is 1. The molecule has 0 spiro atoms. The molecule has 0 fully saturated rings. The molecule has 5 rings (SSSR count). The summed E-state index contributed by atoms with van der Waals surface area (Å²) in [5.74, 6) is 0.699. The number of benzene rings is 1. The molecule has 112 valence electrons. The van der Waals surface area contributed by atoms with Gasteiger partial charge in [-0.1, -0.05) is 19.1 Å². The first kappa shape index (κ1) is 12.3. The molecule has 0 amide bonds. The Morgan fingerprint density at radius 1 is 1.17 bits per heavy atom. The van der Waals surface area contributed by atoms with E-state index >= 15 is 0 Å². The van der Waals surface area contributed by atoms with Crippen LogP contribution in [0.4, 0.5) is 0 Å². The summed E-state index contributed by atoms with van der Waals surface area (Å²) in [5.41, 5.74) is 1.93. The largest absolute Gasteiger partial charge is 0.437 e. The van der Waals surface area contributed by atoms with Crippen molar-refractivity contribution in [2.45, 2.75) is 12.8 Å². The monoisotopic (exact) mass is 306 g/mol. The van der Waals surface area contributed by atoms with Crippen LogP contribution in [0.5, 0.6) is 11.6 Å². The maximum absolute atomic E-state index is 12.5. The van der Waals surface area contributed by atoms with E-state index in [1.165, 1.54) is 6.33 Å². The van der Waals surface area contributed by atoms with E-state index < -0.39 is 5.63 Å². The van der Waals surface area contributed by atoms with Crippen molar-refractivity contribution in [1.82, 2.24) is 19.6 Å². The normalized spacial score (nSPS) is 16.1. The lowest BCUT2D eigenvalue weighted by Crippen LogP contribution is -2.19. The second kappa shape index (κ2) is 4.16. The van der Waals surface area contributed by atoms with Gasteiger partial charge in [-0.25, -0.2) is 19.3 Å². The molecule has 4 aromatic rings.